The number of nitrogens with one attached hydrogen (secondary N) is 1. The Bertz CT molecular complexity index is 279. The van der Waals surface area contributed by atoms with Crippen LogP contribution in [0.5, 0.6) is 0 Å². The van der Waals surface area contributed by atoms with Gasteiger partial charge in [-0.1, -0.05) is 0 Å². The fraction of sp³-hybridized carbons (Fsp3) is 0.700. The first kappa shape index (κ1) is 10.5. The Labute approximate surface area is 93.5 Å². The summed E-state index contributed by atoms with van der Waals surface area (Å²) in [7, 11) is 0. The molecule has 1 aromatic heterocycles. The zero-order valence-corrected chi connectivity index (χ0v) is 10.1. The summed E-state index contributed by atoms with van der Waals surface area (Å²) in [6.45, 7) is 3.14. The maximum atomic E-state index is 4.45. The molecule has 1 atom stereocenters. The topological polar surface area (TPSA) is 24.9 Å². The minimum atomic E-state index is 0.751. The van der Waals surface area contributed by atoms with Gasteiger partial charge in [0.25, 0.3) is 0 Å². The summed E-state index contributed by atoms with van der Waals surface area (Å²) in [5, 5.41) is 6.98. The smallest absolute Gasteiger partial charge is 0.0940 e. The van der Waals surface area contributed by atoms with Crippen LogP contribution in [0.25, 0.3) is 0 Å². The molecule has 1 aromatic rings. The Balaban J connectivity index is 1.67. The molecule has 1 unspecified atom stereocenters. The number of hydrogen-bond donors (Lipinski definition) is 1. The summed E-state index contributed by atoms with van der Waals surface area (Å²) < 4.78 is 0. The maximum absolute atomic E-state index is 4.45. The molecule has 1 N–H and O–H groups in total. The molecule has 2 rings (SSSR count). The van der Waals surface area contributed by atoms with E-state index in [0.29, 0.717) is 0 Å². The van der Waals surface area contributed by atoms with Crippen LogP contribution in [0.3, 0.4) is 0 Å². The summed E-state index contributed by atoms with van der Waals surface area (Å²) in [5.41, 5.74) is 1.15. The summed E-state index contributed by atoms with van der Waals surface area (Å²) in [4.78, 5) is 4.45. The van der Waals surface area contributed by atoms with Crippen molar-refractivity contribution in [1.82, 2.24) is 10.3 Å². The molecule has 0 amide bonds. The van der Waals surface area contributed by atoms with Crippen LogP contribution in [0.1, 0.15) is 17.1 Å². The first-order valence-corrected chi connectivity index (χ1v) is 7.10. The van der Waals surface area contributed by atoms with Crippen LogP contribution < -0.4 is 5.32 Å². The summed E-state index contributed by atoms with van der Waals surface area (Å²) in [5.74, 6) is 2.62. The van der Waals surface area contributed by atoms with Crippen LogP contribution in [0, 0.1) is 6.92 Å². The van der Waals surface area contributed by atoms with Gasteiger partial charge >= 0.3 is 0 Å². The monoisotopic (exact) mass is 228 g/mol. The Morgan fingerprint density at radius 1 is 1.64 bits per heavy atom. The second-order valence-corrected chi connectivity index (χ2v) is 5.74. The van der Waals surface area contributed by atoms with E-state index < -0.39 is 0 Å². The minimum absolute atomic E-state index is 0.751. The molecule has 1 aliphatic heterocycles. The number of aromatic nitrogens is 1. The summed E-state index contributed by atoms with van der Waals surface area (Å²) in [6, 6.07) is 0.751. The second kappa shape index (κ2) is 5.14. The maximum Gasteiger partial charge on any atom is 0.0940 e. The van der Waals surface area contributed by atoms with Gasteiger partial charge < -0.3 is 5.32 Å². The van der Waals surface area contributed by atoms with Crippen LogP contribution in [-0.4, -0.2) is 29.1 Å². The van der Waals surface area contributed by atoms with E-state index >= 15 is 0 Å². The van der Waals surface area contributed by atoms with Gasteiger partial charge in [-0.15, -0.1) is 11.3 Å². The van der Waals surface area contributed by atoms with Gasteiger partial charge in [0.2, 0.25) is 0 Å². The molecular formula is C10H16N2S2. The number of nitrogens with zero attached hydrogens (tertiary/aromatic N) is 1. The van der Waals surface area contributed by atoms with Gasteiger partial charge in [0.15, 0.2) is 0 Å². The molecule has 0 spiro atoms. The lowest BCUT2D eigenvalue weighted by molar-refractivity contribution is 0.560. The van der Waals surface area contributed by atoms with E-state index in [1.165, 1.54) is 22.9 Å². The van der Waals surface area contributed by atoms with Crippen LogP contribution in [0.4, 0.5) is 0 Å². The molecule has 0 aliphatic carbocycles. The van der Waals surface area contributed by atoms with Crippen molar-refractivity contribution < 1.29 is 0 Å². The molecule has 1 aliphatic rings. The highest BCUT2D eigenvalue weighted by Gasteiger charge is 2.13. The highest BCUT2D eigenvalue weighted by Crippen LogP contribution is 2.17. The summed E-state index contributed by atoms with van der Waals surface area (Å²) in [6.07, 6.45) is 2.42. The third-order valence-electron chi connectivity index (χ3n) is 2.37. The van der Waals surface area contributed by atoms with Gasteiger partial charge in [-0.3, -0.25) is 0 Å². The summed E-state index contributed by atoms with van der Waals surface area (Å²) >= 11 is 3.83. The highest BCUT2D eigenvalue weighted by atomic mass is 32.2. The number of aryl methyl sites for hydroxylation is 1. The number of rotatable bonds is 4. The fourth-order valence-corrected chi connectivity index (χ4v) is 3.56. The van der Waals surface area contributed by atoms with Crippen molar-refractivity contribution in [2.45, 2.75) is 25.8 Å². The van der Waals surface area contributed by atoms with Crippen LogP contribution in [0.2, 0.25) is 0 Å². The Morgan fingerprint density at radius 3 is 3.21 bits per heavy atom. The normalized spacial score (nSPS) is 21.6. The van der Waals surface area contributed by atoms with E-state index in [1.54, 1.807) is 11.3 Å². The van der Waals surface area contributed by atoms with E-state index in [0.717, 1.165) is 24.7 Å². The molecule has 2 nitrogen and oxygen atoms in total. The lowest BCUT2D eigenvalue weighted by Crippen LogP contribution is -2.30. The molecule has 1 saturated heterocycles. The van der Waals surface area contributed by atoms with E-state index in [1.807, 2.05) is 0 Å². The van der Waals surface area contributed by atoms with E-state index in [9.17, 15) is 0 Å². The molecule has 0 radical (unpaired) electrons. The third-order valence-corrected chi connectivity index (χ3v) is 4.56. The highest BCUT2D eigenvalue weighted by molar-refractivity contribution is 7.99. The first-order valence-electron chi connectivity index (χ1n) is 5.07. The van der Waals surface area contributed by atoms with E-state index in [4.69, 9.17) is 0 Å². The number of thioether (sulfide) groups is 1. The van der Waals surface area contributed by atoms with Gasteiger partial charge in [0.05, 0.1) is 5.01 Å². The van der Waals surface area contributed by atoms with Crippen LogP contribution in [0.15, 0.2) is 5.38 Å². The minimum Gasteiger partial charge on any atom is -0.313 e. The van der Waals surface area contributed by atoms with Gasteiger partial charge in [-0.25, -0.2) is 4.98 Å². The van der Waals surface area contributed by atoms with Gasteiger partial charge in [0.1, 0.15) is 0 Å². The van der Waals surface area contributed by atoms with Crippen LogP contribution >= 0.6 is 23.1 Å². The first-order chi connectivity index (χ1) is 6.84. The SMILES string of the molecule is Cc1csc(CCNC2CCSC2)n1. The van der Waals surface area contributed by atoms with Gasteiger partial charge in [-0.2, -0.15) is 11.8 Å². The van der Waals surface area contributed by atoms with Crippen molar-refractivity contribution in [1.29, 1.82) is 0 Å². The molecular weight excluding hydrogens is 212 g/mol. The molecule has 4 heteroatoms. The van der Waals surface area contributed by atoms with Crippen molar-refractivity contribution in [3.63, 3.8) is 0 Å². The second-order valence-electron chi connectivity index (χ2n) is 3.65. The fourth-order valence-electron chi connectivity index (χ4n) is 1.60. The van der Waals surface area contributed by atoms with E-state index in [2.05, 4.69) is 34.4 Å². The predicted molar refractivity (Wildman–Crippen MR) is 64.3 cm³/mol. The standard InChI is InChI=1S/C10H16N2S2/c1-8-6-14-10(12-8)2-4-11-9-3-5-13-7-9/h6,9,11H,2-5,7H2,1H3. The van der Waals surface area contributed by atoms with E-state index in [-0.39, 0.29) is 0 Å². The van der Waals surface area contributed by atoms with Crippen molar-refractivity contribution >= 4 is 23.1 Å². The lowest BCUT2D eigenvalue weighted by atomic mass is 10.2. The molecule has 1 fully saturated rings. The average Bonchev–Trinajstić information content (AvgIpc) is 2.77. The van der Waals surface area contributed by atoms with Crippen molar-refractivity contribution in [2.24, 2.45) is 0 Å². The number of thiazole rings is 1. The molecule has 0 aromatic carbocycles. The number of hydrogen-bond acceptors (Lipinski definition) is 4. The van der Waals surface area contributed by atoms with Gasteiger partial charge in [-0.05, 0) is 19.1 Å². The molecule has 0 saturated carbocycles. The predicted octanol–water partition coefficient (Wildman–Crippen LogP) is 2.09. The Kier molecular flexibility index (Phi) is 3.84. The van der Waals surface area contributed by atoms with Crippen LogP contribution in [-0.2, 0) is 6.42 Å². The van der Waals surface area contributed by atoms with Crippen molar-refractivity contribution in [3.8, 4) is 0 Å². The zero-order chi connectivity index (χ0) is 9.80. The Hall–Kier alpha value is -0.0600. The Morgan fingerprint density at radius 2 is 2.57 bits per heavy atom. The zero-order valence-electron chi connectivity index (χ0n) is 8.45. The largest absolute Gasteiger partial charge is 0.313 e. The lowest BCUT2D eigenvalue weighted by Gasteiger charge is -2.09. The van der Waals surface area contributed by atoms with Crippen molar-refractivity contribution in [3.05, 3.63) is 16.1 Å². The third kappa shape index (κ3) is 2.97. The quantitative estimate of drug-likeness (QED) is 0.854. The molecule has 78 valence electrons. The molecule has 14 heavy (non-hydrogen) atoms. The molecule has 2 heterocycles. The average molecular weight is 228 g/mol. The van der Waals surface area contributed by atoms with Gasteiger partial charge in [0, 0.05) is 35.8 Å². The van der Waals surface area contributed by atoms with Crippen molar-refractivity contribution in [2.75, 3.05) is 18.1 Å². The molecule has 0 bridgehead atoms.